The van der Waals surface area contributed by atoms with Crippen LogP contribution in [0.1, 0.15) is 26.3 Å². The molecule has 0 fully saturated rings. The number of nitrogens with one attached hydrogen (secondary N) is 1. The lowest BCUT2D eigenvalue weighted by Gasteiger charge is -2.20. The molecule has 108 valence electrons. The highest BCUT2D eigenvalue weighted by atomic mass is 35.5. The number of hydrogen-bond donors (Lipinski definition) is 2. The predicted octanol–water partition coefficient (Wildman–Crippen LogP) is 2.28. The van der Waals surface area contributed by atoms with Gasteiger partial charge in [-0.2, -0.15) is 0 Å². The quantitative estimate of drug-likeness (QED) is 0.873. The predicted molar refractivity (Wildman–Crippen MR) is 77.8 cm³/mol. The first-order valence-electron chi connectivity index (χ1n) is 6.09. The second-order valence-corrected chi connectivity index (χ2v) is 5.44. The van der Waals surface area contributed by atoms with Gasteiger partial charge in [0.25, 0.3) is 0 Å². The molecule has 1 amide bonds. The van der Waals surface area contributed by atoms with Gasteiger partial charge >= 0.3 is 0 Å². The van der Waals surface area contributed by atoms with Gasteiger partial charge in [0, 0.05) is 18.0 Å². The van der Waals surface area contributed by atoms with Gasteiger partial charge in [-0.3, -0.25) is 4.79 Å². The van der Waals surface area contributed by atoms with Crippen molar-refractivity contribution in [2.75, 3.05) is 6.54 Å². The number of carbonyl (C=O) groups is 1. The van der Waals surface area contributed by atoms with Crippen LogP contribution in [0.2, 0.25) is 0 Å². The highest BCUT2D eigenvalue weighted by molar-refractivity contribution is 5.85. The molecule has 1 rings (SSSR count). The van der Waals surface area contributed by atoms with Crippen LogP contribution in [-0.2, 0) is 11.2 Å². The maximum absolute atomic E-state index is 13.0. The number of halogens is 2. The maximum Gasteiger partial charge on any atom is 0.223 e. The standard InChI is InChI=1S/C14H21FN2O.ClH/c1-10(13(18)17-9-14(2,3)16)7-11-5-4-6-12(15)8-11;/h4-6,8,10H,7,9,16H2,1-3H3,(H,17,18);1H. The van der Waals surface area contributed by atoms with Crippen molar-refractivity contribution in [3.05, 3.63) is 35.6 Å². The second kappa shape index (κ2) is 7.46. The Morgan fingerprint density at radius 1 is 1.47 bits per heavy atom. The van der Waals surface area contributed by atoms with Gasteiger partial charge in [0.2, 0.25) is 5.91 Å². The van der Waals surface area contributed by atoms with E-state index in [9.17, 15) is 9.18 Å². The van der Waals surface area contributed by atoms with Gasteiger partial charge in [-0.15, -0.1) is 12.4 Å². The summed E-state index contributed by atoms with van der Waals surface area (Å²) in [4.78, 5) is 11.8. The van der Waals surface area contributed by atoms with Gasteiger partial charge < -0.3 is 11.1 Å². The molecule has 3 nitrogen and oxygen atoms in total. The molecular formula is C14H22ClFN2O. The Morgan fingerprint density at radius 2 is 2.11 bits per heavy atom. The fourth-order valence-electron chi connectivity index (χ4n) is 1.60. The second-order valence-electron chi connectivity index (χ2n) is 5.44. The van der Waals surface area contributed by atoms with E-state index in [0.29, 0.717) is 13.0 Å². The SMILES string of the molecule is CC(Cc1cccc(F)c1)C(=O)NCC(C)(C)N.Cl. The largest absolute Gasteiger partial charge is 0.354 e. The van der Waals surface area contributed by atoms with E-state index in [1.54, 1.807) is 6.07 Å². The van der Waals surface area contributed by atoms with E-state index in [4.69, 9.17) is 5.73 Å². The van der Waals surface area contributed by atoms with Crippen molar-refractivity contribution < 1.29 is 9.18 Å². The summed E-state index contributed by atoms with van der Waals surface area (Å²) in [6, 6.07) is 6.32. The maximum atomic E-state index is 13.0. The van der Waals surface area contributed by atoms with Gasteiger partial charge in [0.05, 0.1) is 0 Å². The average molecular weight is 289 g/mol. The lowest BCUT2D eigenvalue weighted by molar-refractivity contribution is -0.124. The van der Waals surface area contributed by atoms with Crippen molar-refractivity contribution in [2.24, 2.45) is 11.7 Å². The molecule has 0 bridgehead atoms. The molecule has 0 aromatic heterocycles. The highest BCUT2D eigenvalue weighted by Gasteiger charge is 2.17. The van der Waals surface area contributed by atoms with Crippen LogP contribution in [0.4, 0.5) is 4.39 Å². The smallest absolute Gasteiger partial charge is 0.223 e. The molecular weight excluding hydrogens is 267 g/mol. The minimum absolute atomic E-state index is 0. The molecule has 1 aromatic rings. The summed E-state index contributed by atoms with van der Waals surface area (Å²) in [6.45, 7) is 5.96. The summed E-state index contributed by atoms with van der Waals surface area (Å²) in [7, 11) is 0. The Hall–Kier alpha value is -1.13. The first kappa shape index (κ1) is 17.9. The van der Waals surface area contributed by atoms with Crippen LogP contribution in [0, 0.1) is 11.7 Å². The van der Waals surface area contributed by atoms with Crippen LogP contribution in [0.25, 0.3) is 0 Å². The summed E-state index contributed by atoms with van der Waals surface area (Å²) < 4.78 is 13.0. The summed E-state index contributed by atoms with van der Waals surface area (Å²) in [5.41, 5.74) is 6.19. The minimum Gasteiger partial charge on any atom is -0.354 e. The third-order valence-corrected chi connectivity index (χ3v) is 2.60. The lowest BCUT2D eigenvalue weighted by Crippen LogP contribution is -2.46. The van der Waals surface area contributed by atoms with Gasteiger partial charge in [0.1, 0.15) is 5.82 Å². The molecule has 0 saturated carbocycles. The van der Waals surface area contributed by atoms with Crippen molar-refractivity contribution >= 4 is 18.3 Å². The Morgan fingerprint density at radius 3 is 2.63 bits per heavy atom. The van der Waals surface area contributed by atoms with E-state index >= 15 is 0 Å². The van der Waals surface area contributed by atoms with Crippen LogP contribution in [0.5, 0.6) is 0 Å². The summed E-state index contributed by atoms with van der Waals surface area (Å²) in [5.74, 6) is -0.532. The fourth-order valence-corrected chi connectivity index (χ4v) is 1.60. The average Bonchev–Trinajstić information content (AvgIpc) is 2.24. The van der Waals surface area contributed by atoms with Crippen molar-refractivity contribution in [1.82, 2.24) is 5.32 Å². The van der Waals surface area contributed by atoms with Crippen LogP contribution in [0.15, 0.2) is 24.3 Å². The van der Waals surface area contributed by atoms with Crippen molar-refractivity contribution in [2.45, 2.75) is 32.7 Å². The fraction of sp³-hybridized carbons (Fsp3) is 0.500. The van der Waals surface area contributed by atoms with Crippen molar-refractivity contribution in [3.63, 3.8) is 0 Å². The Bertz CT molecular complexity index is 418. The molecule has 19 heavy (non-hydrogen) atoms. The van der Waals surface area contributed by atoms with E-state index in [1.807, 2.05) is 26.8 Å². The summed E-state index contributed by atoms with van der Waals surface area (Å²) in [6.07, 6.45) is 0.522. The van der Waals surface area contributed by atoms with Gasteiger partial charge in [-0.25, -0.2) is 4.39 Å². The molecule has 0 aliphatic heterocycles. The van der Waals surface area contributed by atoms with Gasteiger partial charge in [-0.05, 0) is 38.0 Å². The monoisotopic (exact) mass is 288 g/mol. The molecule has 0 heterocycles. The van der Waals surface area contributed by atoms with Gasteiger partial charge in [-0.1, -0.05) is 19.1 Å². The zero-order chi connectivity index (χ0) is 13.8. The molecule has 0 saturated heterocycles. The number of benzene rings is 1. The zero-order valence-electron chi connectivity index (χ0n) is 11.6. The third-order valence-electron chi connectivity index (χ3n) is 2.60. The van der Waals surface area contributed by atoms with Crippen LogP contribution in [0.3, 0.4) is 0 Å². The zero-order valence-corrected chi connectivity index (χ0v) is 12.4. The Balaban J connectivity index is 0.00000324. The van der Waals surface area contributed by atoms with E-state index in [2.05, 4.69) is 5.32 Å². The third kappa shape index (κ3) is 7.13. The van der Waals surface area contributed by atoms with Crippen LogP contribution < -0.4 is 11.1 Å². The summed E-state index contributed by atoms with van der Waals surface area (Å²) in [5, 5.41) is 2.80. The summed E-state index contributed by atoms with van der Waals surface area (Å²) >= 11 is 0. The van der Waals surface area contributed by atoms with Crippen molar-refractivity contribution in [3.8, 4) is 0 Å². The molecule has 0 spiro atoms. The van der Waals surface area contributed by atoms with E-state index in [0.717, 1.165) is 5.56 Å². The molecule has 0 aliphatic carbocycles. The van der Waals surface area contributed by atoms with Crippen LogP contribution >= 0.6 is 12.4 Å². The molecule has 1 aromatic carbocycles. The number of carbonyl (C=O) groups excluding carboxylic acids is 1. The Labute approximate surface area is 120 Å². The van der Waals surface area contributed by atoms with E-state index in [-0.39, 0.29) is 30.0 Å². The molecule has 3 N–H and O–H groups in total. The van der Waals surface area contributed by atoms with Gasteiger partial charge in [0.15, 0.2) is 0 Å². The lowest BCUT2D eigenvalue weighted by atomic mass is 9.99. The normalized spacial score (nSPS) is 12.5. The number of rotatable bonds is 5. The molecule has 0 aliphatic rings. The topological polar surface area (TPSA) is 55.1 Å². The van der Waals surface area contributed by atoms with Crippen molar-refractivity contribution in [1.29, 1.82) is 0 Å². The number of hydrogen-bond acceptors (Lipinski definition) is 2. The molecule has 1 atom stereocenters. The molecule has 1 unspecified atom stereocenters. The minimum atomic E-state index is -0.422. The van der Waals surface area contributed by atoms with E-state index < -0.39 is 5.54 Å². The number of amides is 1. The van der Waals surface area contributed by atoms with Crippen LogP contribution in [-0.4, -0.2) is 18.0 Å². The first-order chi connectivity index (χ1) is 8.28. The highest BCUT2D eigenvalue weighted by Crippen LogP contribution is 2.10. The number of nitrogens with two attached hydrogens (primary N) is 1. The molecule has 0 radical (unpaired) electrons. The molecule has 5 heteroatoms. The first-order valence-corrected chi connectivity index (χ1v) is 6.09. The van der Waals surface area contributed by atoms with E-state index in [1.165, 1.54) is 12.1 Å². The Kier molecular flexibility index (Phi) is 7.01.